The molecule has 0 fully saturated rings. The van der Waals surface area contributed by atoms with Gasteiger partial charge in [-0.3, -0.25) is 10.1 Å². The number of rotatable bonds is 4. The van der Waals surface area contributed by atoms with Crippen LogP contribution in [0.4, 0.5) is 21.5 Å². The molecule has 0 aliphatic heterocycles. The van der Waals surface area contributed by atoms with E-state index in [0.717, 1.165) is 0 Å². The molecule has 1 aromatic carbocycles. The van der Waals surface area contributed by atoms with Gasteiger partial charge in [0.05, 0.1) is 11.5 Å². The number of anilines is 1. The molecule has 0 aliphatic carbocycles. The molecule has 5 nitrogen and oxygen atoms in total. The summed E-state index contributed by atoms with van der Waals surface area (Å²) in [5.41, 5.74) is 0.295. The smallest absolute Gasteiger partial charge is 0.289 e. The van der Waals surface area contributed by atoms with Crippen molar-refractivity contribution < 1.29 is 9.31 Å². The molecule has 0 aromatic heterocycles. The predicted molar refractivity (Wildman–Crippen MR) is 53.8 cm³/mol. The van der Waals surface area contributed by atoms with E-state index in [0.29, 0.717) is 0 Å². The average molecular weight is 209 g/mol. The van der Waals surface area contributed by atoms with E-state index in [-0.39, 0.29) is 23.6 Å². The molecule has 6 heteroatoms. The Morgan fingerprint density at radius 1 is 1.60 bits per heavy atom. The SMILES string of the molecule is [C-]#[N+]c1ccc([N+](=O)[O-])c(NCCF)c1. The van der Waals surface area contributed by atoms with Crippen molar-refractivity contribution in [2.45, 2.75) is 0 Å². The first-order chi connectivity index (χ1) is 7.19. The Bertz CT molecular complexity index is 414. The Labute approximate surface area is 85.5 Å². The lowest BCUT2D eigenvalue weighted by Gasteiger charge is -2.04. The molecule has 0 bridgehead atoms. The number of hydrogen-bond donors (Lipinski definition) is 1. The normalized spacial score (nSPS) is 9.33. The second-order valence-corrected chi connectivity index (χ2v) is 2.69. The topological polar surface area (TPSA) is 59.5 Å². The van der Waals surface area contributed by atoms with Gasteiger partial charge in [-0.25, -0.2) is 9.24 Å². The Morgan fingerprint density at radius 3 is 2.87 bits per heavy atom. The number of benzene rings is 1. The maximum Gasteiger partial charge on any atom is 0.289 e. The molecule has 0 radical (unpaired) electrons. The fourth-order valence-electron chi connectivity index (χ4n) is 1.08. The summed E-state index contributed by atoms with van der Waals surface area (Å²) in [4.78, 5) is 13.1. The van der Waals surface area contributed by atoms with Crippen LogP contribution in [0.5, 0.6) is 0 Å². The van der Waals surface area contributed by atoms with Gasteiger partial charge in [-0.2, -0.15) is 0 Å². The van der Waals surface area contributed by atoms with Crippen molar-refractivity contribution >= 4 is 17.1 Å². The zero-order valence-electron chi connectivity index (χ0n) is 7.74. The van der Waals surface area contributed by atoms with E-state index in [2.05, 4.69) is 10.2 Å². The summed E-state index contributed by atoms with van der Waals surface area (Å²) < 4.78 is 11.9. The van der Waals surface area contributed by atoms with Crippen LogP contribution in [0.1, 0.15) is 0 Å². The van der Waals surface area contributed by atoms with Gasteiger partial charge in [-0.1, -0.05) is 0 Å². The van der Waals surface area contributed by atoms with Gasteiger partial charge in [0.15, 0.2) is 5.69 Å². The summed E-state index contributed by atoms with van der Waals surface area (Å²) in [6, 6.07) is 3.92. The van der Waals surface area contributed by atoms with E-state index in [1.54, 1.807) is 0 Å². The van der Waals surface area contributed by atoms with E-state index in [1.807, 2.05) is 0 Å². The van der Waals surface area contributed by atoms with Crippen molar-refractivity contribution in [2.75, 3.05) is 18.5 Å². The molecule has 0 saturated carbocycles. The predicted octanol–water partition coefficient (Wildman–Crippen LogP) is 2.53. The van der Waals surface area contributed by atoms with Crippen LogP contribution in [0.3, 0.4) is 0 Å². The summed E-state index contributed by atoms with van der Waals surface area (Å²) in [6.07, 6.45) is 0. The summed E-state index contributed by atoms with van der Waals surface area (Å²) in [7, 11) is 0. The summed E-state index contributed by atoms with van der Waals surface area (Å²) >= 11 is 0. The number of nitrogens with zero attached hydrogens (tertiary/aromatic N) is 2. The minimum atomic E-state index is -0.626. The van der Waals surface area contributed by atoms with Gasteiger partial charge in [0.1, 0.15) is 12.4 Å². The molecular weight excluding hydrogens is 201 g/mol. The third-order valence-electron chi connectivity index (χ3n) is 1.72. The first-order valence-electron chi connectivity index (χ1n) is 4.14. The average Bonchev–Trinajstić information content (AvgIpc) is 2.25. The number of halogens is 1. The standard InChI is InChI=1S/C9H8FN3O2/c1-11-7-2-3-9(13(14)15)8(6-7)12-5-4-10/h2-3,6,12H,4-5H2. The lowest BCUT2D eigenvalue weighted by molar-refractivity contribution is -0.383. The highest BCUT2D eigenvalue weighted by Crippen LogP contribution is 2.28. The number of nitro groups is 1. The highest BCUT2D eigenvalue weighted by Gasteiger charge is 2.13. The molecule has 1 aromatic rings. The van der Waals surface area contributed by atoms with E-state index >= 15 is 0 Å². The highest BCUT2D eigenvalue weighted by molar-refractivity contribution is 5.68. The molecule has 0 spiro atoms. The monoisotopic (exact) mass is 209 g/mol. The minimum Gasteiger partial charge on any atom is -0.378 e. The molecule has 15 heavy (non-hydrogen) atoms. The number of alkyl halides is 1. The first-order valence-corrected chi connectivity index (χ1v) is 4.14. The third-order valence-corrected chi connectivity index (χ3v) is 1.72. The maximum absolute atomic E-state index is 11.9. The van der Waals surface area contributed by atoms with Crippen LogP contribution in [-0.4, -0.2) is 18.1 Å². The largest absolute Gasteiger partial charge is 0.378 e. The Hall–Kier alpha value is -2.16. The molecule has 0 saturated heterocycles. The molecule has 78 valence electrons. The van der Waals surface area contributed by atoms with Gasteiger partial charge in [-0.15, -0.1) is 0 Å². The van der Waals surface area contributed by atoms with Gasteiger partial charge < -0.3 is 5.32 Å². The lowest BCUT2D eigenvalue weighted by Crippen LogP contribution is -2.05. The quantitative estimate of drug-likeness (QED) is 0.471. The van der Waals surface area contributed by atoms with E-state index in [1.165, 1.54) is 18.2 Å². The van der Waals surface area contributed by atoms with Crippen LogP contribution in [0.15, 0.2) is 18.2 Å². The van der Waals surface area contributed by atoms with Crippen molar-refractivity contribution in [1.82, 2.24) is 0 Å². The van der Waals surface area contributed by atoms with E-state index in [4.69, 9.17) is 6.57 Å². The van der Waals surface area contributed by atoms with Crippen LogP contribution in [-0.2, 0) is 0 Å². The van der Waals surface area contributed by atoms with Crippen LogP contribution < -0.4 is 5.32 Å². The van der Waals surface area contributed by atoms with Gasteiger partial charge in [0.25, 0.3) is 5.69 Å². The van der Waals surface area contributed by atoms with Gasteiger partial charge >= 0.3 is 0 Å². The highest BCUT2D eigenvalue weighted by atomic mass is 19.1. The van der Waals surface area contributed by atoms with Crippen molar-refractivity contribution in [2.24, 2.45) is 0 Å². The molecule has 0 unspecified atom stereocenters. The lowest BCUT2D eigenvalue weighted by atomic mass is 10.2. The van der Waals surface area contributed by atoms with Crippen LogP contribution in [0, 0.1) is 16.7 Å². The second kappa shape index (κ2) is 4.91. The van der Waals surface area contributed by atoms with Crippen molar-refractivity contribution in [1.29, 1.82) is 0 Å². The molecule has 0 aliphatic rings. The third kappa shape index (κ3) is 2.64. The first kappa shape index (κ1) is 10.9. The second-order valence-electron chi connectivity index (χ2n) is 2.69. The number of nitro benzene ring substituents is 1. The van der Waals surface area contributed by atoms with Crippen molar-refractivity contribution in [3.8, 4) is 0 Å². The Balaban J connectivity index is 3.06. The van der Waals surface area contributed by atoms with Gasteiger partial charge in [-0.05, 0) is 12.1 Å². The minimum absolute atomic E-state index is 0.0116. The van der Waals surface area contributed by atoms with Crippen molar-refractivity contribution in [3.63, 3.8) is 0 Å². The number of nitrogens with one attached hydrogen (secondary N) is 1. The molecule has 1 N–H and O–H groups in total. The van der Waals surface area contributed by atoms with Crippen LogP contribution >= 0.6 is 0 Å². The molecule has 0 amide bonds. The molecule has 1 rings (SSSR count). The summed E-state index contributed by atoms with van der Waals surface area (Å²) in [6.45, 7) is 6.11. The van der Waals surface area contributed by atoms with Crippen LogP contribution in [0.2, 0.25) is 0 Å². The van der Waals surface area contributed by atoms with E-state index in [9.17, 15) is 14.5 Å². The fraction of sp³-hybridized carbons (Fsp3) is 0.222. The zero-order valence-corrected chi connectivity index (χ0v) is 7.74. The van der Waals surface area contributed by atoms with Gasteiger partial charge in [0.2, 0.25) is 0 Å². The Kier molecular flexibility index (Phi) is 3.57. The van der Waals surface area contributed by atoms with E-state index < -0.39 is 11.6 Å². The Morgan fingerprint density at radius 2 is 2.33 bits per heavy atom. The van der Waals surface area contributed by atoms with Crippen LogP contribution in [0.25, 0.3) is 4.85 Å². The molecular formula is C9H8FN3O2. The maximum atomic E-state index is 11.9. The van der Waals surface area contributed by atoms with Crippen molar-refractivity contribution in [3.05, 3.63) is 39.7 Å². The molecule has 0 heterocycles. The number of hydrogen-bond acceptors (Lipinski definition) is 3. The summed E-state index contributed by atoms with van der Waals surface area (Å²) in [5.74, 6) is 0. The summed E-state index contributed by atoms with van der Waals surface area (Å²) in [5, 5.41) is 13.1. The fourth-order valence-corrected chi connectivity index (χ4v) is 1.08. The zero-order chi connectivity index (χ0) is 11.3. The molecule has 0 atom stereocenters. The van der Waals surface area contributed by atoms with Gasteiger partial charge in [0, 0.05) is 12.6 Å².